The van der Waals surface area contributed by atoms with Gasteiger partial charge < -0.3 is 9.84 Å². The maximum atomic E-state index is 13.2. The van der Waals surface area contributed by atoms with Crippen molar-refractivity contribution in [2.75, 3.05) is 0 Å². The quantitative estimate of drug-likeness (QED) is 0.211. The van der Waals surface area contributed by atoms with E-state index in [0.29, 0.717) is 40.3 Å². The highest BCUT2D eigenvalue weighted by Gasteiger charge is 2.31. The minimum Gasteiger partial charge on any atom is -0.485 e. The van der Waals surface area contributed by atoms with Gasteiger partial charge in [0.1, 0.15) is 17.4 Å². The Morgan fingerprint density at radius 3 is 2.54 bits per heavy atom. The maximum Gasteiger partial charge on any atom is 0.416 e. The SMILES string of the molecule is CCC(C)(CCCC(=O)c1ccc2ccccc2c1OCc1nc2cc(C(F)(F)F)ccc2s1)C(=O)O. The third-order valence-electron chi connectivity index (χ3n) is 6.71. The Bertz CT molecular complexity index is 1460. The Kier molecular flexibility index (Phi) is 7.54. The summed E-state index contributed by atoms with van der Waals surface area (Å²) >= 11 is 1.23. The normalized spacial score (nSPS) is 13.5. The second-order valence-corrected chi connectivity index (χ2v) is 10.4. The molecule has 0 aliphatic rings. The van der Waals surface area contributed by atoms with Crippen LogP contribution in [0.5, 0.6) is 5.75 Å². The van der Waals surface area contributed by atoms with Gasteiger partial charge in [-0.05, 0) is 55.8 Å². The number of aromatic nitrogens is 1. The van der Waals surface area contributed by atoms with Crippen LogP contribution in [0.15, 0.2) is 54.6 Å². The number of fused-ring (bicyclic) bond motifs is 2. The molecule has 9 heteroatoms. The van der Waals surface area contributed by atoms with Crippen molar-refractivity contribution in [1.29, 1.82) is 0 Å². The second-order valence-electron chi connectivity index (χ2n) is 9.24. The Morgan fingerprint density at radius 2 is 1.84 bits per heavy atom. The van der Waals surface area contributed by atoms with Crippen LogP contribution in [0.4, 0.5) is 13.2 Å². The predicted molar refractivity (Wildman–Crippen MR) is 137 cm³/mol. The van der Waals surface area contributed by atoms with E-state index in [1.807, 2.05) is 37.3 Å². The first-order chi connectivity index (χ1) is 17.5. The van der Waals surface area contributed by atoms with Crippen LogP contribution in [0.1, 0.15) is 60.5 Å². The molecule has 0 saturated carbocycles. The molecule has 37 heavy (non-hydrogen) atoms. The lowest BCUT2D eigenvalue weighted by molar-refractivity contribution is -0.148. The van der Waals surface area contributed by atoms with Crippen LogP contribution in [0.3, 0.4) is 0 Å². The van der Waals surface area contributed by atoms with E-state index in [2.05, 4.69) is 4.98 Å². The number of thiazole rings is 1. The van der Waals surface area contributed by atoms with E-state index in [0.717, 1.165) is 22.9 Å². The minimum atomic E-state index is -4.45. The van der Waals surface area contributed by atoms with Crippen molar-refractivity contribution in [1.82, 2.24) is 4.98 Å². The number of ether oxygens (including phenoxy) is 1. The van der Waals surface area contributed by atoms with Crippen LogP contribution in [0, 0.1) is 5.41 Å². The highest BCUT2D eigenvalue weighted by atomic mass is 32.1. The van der Waals surface area contributed by atoms with Gasteiger partial charge in [-0.1, -0.05) is 37.3 Å². The molecule has 3 aromatic carbocycles. The molecule has 4 rings (SSSR count). The minimum absolute atomic E-state index is 0.0120. The van der Waals surface area contributed by atoms with Gasteiger partial charge in [-0.25, -0.2) is 4.98 Å². The second kappa shape index (κ2) is 10.5. The van der Waals surface area contributed by atoms with E-state index < -0.39 is 23.1 Å². The van der Waals surface area contributed by atoms with Gasteiger partial charge in [0.25, 0.3) is 0 Å². The van der Waals surface area contributed by atoms with Crippen molar-refractivity contribution in [3.05, 3.63) is 70.7 Å². The van der Waals surface area contributed by atoms with E-state index in [1.54, 1.807) is 13.0 Å². The zero-order valence-electron chi connectivity index (χ0n) is 20.4. The molecule has 0 spiro atoms. The number of Topliss-reactive ketones (excluding diaryl/α,β-unsaturated/α-hetero) is 1. The molecule has 0 aliphatic heterocycles. The number of hydrogen-bond acceptors (Lipinski definition) is 5. The van der Waals surface area contributed by atoms with Crippen LogP contribution in [-0.2, 0) is 17.6 Å². The fraction of sp³-hybridized carbons (Fsp3) is 0.321. The number of ketones is 1. The van der Waals surface area contributed by atoms with E-state index >= 15 is 0 Å². The summed E-state index contributed by atoms with van der Waals surface area (Å²) in [5.41, 5.74) is -1.03. The molecule has 1 N–H and O–H groups in total. The summed E-state index contributed by atoms with van der Waals surface area (Å²) in [5.74, 6) is -0.658. The molecule has 1 heterocycles. The van der Waals surface area contributed by atoms with Crippen molar-refractivity contribution in [2.45, 2.75) is 52.3 Å². The summed E-state index contributed by atoms with van der Waals surface area (Å²) in [6.07, 6.45) is -3.03. The van der Waals surface area contributed by atoms with Crippen molar-refractivity contribution >= 4 is 44.1 Å². The van der Waals surface area contributed by atoms with Crippen molar-refractivity contribution < 1.29 is 32.6 Å². The molecule has 1 unspecified atom stereocenters. The molecule has 4 aromatic rings. The third-order valence-corrected chi connectivity index (χ3v) is 7.72. The van der Waals surface area contributed by atoms with Gasteiger partial charge in [0.2, 0.25) is 0 Å². The molecule has 0 aliphatic carbocycles. The summed E-state index contributed by atoms with van der Waals surface area (Å²) < 4.78 is 45.9. The molecule has 0 saturated heterocycles. The number of carbonyl (C=O) groups is 2. The van der Waals surface area contributed by atoms with Crippen LogP contribution in [0.2, 0.25) is 0 Å². The fourth-order valence-electron chi connectivity index (χ4n) is 4.17. The van der Waals surface area contributed by atoms with Crippen molar-refractivity contribution in [2.24, 2.45) is 5.41 Å². The van der Waals surface area contributed by atoms with Gasteiger partial charge in [-0.15, -0.1) is 11.3 Å². The van der Waals surface area contributed by atoms with Crippen LogP contribution >= 0.6 is 11.3 Å². The molecule has 1 aromatic heterocycles. The Morgan fingerprint density at radius 1 is 1.08 bits per heavy atom. The van der Waals surface area contributed by atoms with Gasteiger partial charge in [-0.3, -0.25) is 9.59 Å². The van der Waals surface area contributed by atoms with Crippen LogP contribution < -0.4 is 4.74 Å². The van der Waals surface area contributed by atoms with Crippen LogP contribution in [-0.4, -0.2) is 21.8 Å². The van der Waals surface area contributed by atoms with Gasteiger partial charge in [0.05, 0.1) is 26.8 Å². The number of alkyl halides is 3. The average molecular weight is 530 g/mol. The molecule has 0 fully saturated rings. The molecule has 5 nitrogen and oxygen atoms in total. The topological polar surface area (TPSA) is 76.5 Å². The first kappa shape index (κ1) is 26.6. The molecular formula is C28H26F3NO4S. The molecule has 194 valence electrons. The molecule has 0 radical (unpaired) electrons. The molecule has 1 atom stereocenters. The highest BCUT2D eigenvalue weighted by molar-refractivity contribution is 7.18. The summed E-state index contributed by atoms with van der Waals surface area (Å²) in [6, 6.07) is 14.4. The lowest BCUT2D eigenvalue weighted by Gasteiger charge is -2.22. The number of nitrogens with zero attached hydrogens (tertiary/aromatic N) is 1. The summed E-state index contributed by atoms with van der Waals surface area (Å²) in [6.45, 7) is 3.49. The fourth-order valence-corrected chi connectivity index (χ4v) is 5.03. The highest BCUT2D eigenvalue weighted by Crippen LogP contribution is 2.35. The molecular weight excluding hydrogens is 503 g/mol. The predicted octanol–water partition coefficient (Wildman–Crippen LogP) is 7.90. The number of rotatable bonds is 10. The zero-order chi connectivity index (χ0) is 26.8. The average Bonchev–Trinajstić information content (AvgIpc) is 3.28. The zero-order valence-corrected chi connectivity index (χ0v) is 21.2. The monoisotopic (exact) mass is 529 g/mol. The number of carbonyl (C=O) groups excluding carboxylic acids is 1. The summed E-state index contributed by atoms with van der Waals surface area (Å²) in [4.78, 5) is 29.1. The van der Waals surface area contributed by atoms with Gasteiger partial charge in [0.15, 0.2) is 5.78 Å². The number of carboxylic acids is 1. The number of carboxylic acid groups (broad SMARTS) is 1. The Hall–Kier alpha value is -3.46. The number of aliphatic carboxylic acids is 1. The van der Waals surface area contributed by atoms with E-state index in [-0.39, 0.29) is 24.3 Å². The first-order valence-electron chi connectivity index (χ1n) is 11.9. The van der Waals surface area contributed by atoms with E-state index in [1.165, 1.54) is 17.4 Å². The standard InChI is InChI=1S/C28H26F3NO4S/c1-3-27(2,26(34)35)14-6-9-22(33)20-12-10-17-7-4-5-8-19(17)25(20)36-16-24-32-21-15-18(28(29,30)31)11-13-23(21)37-24/h4-5,7-8,10-13,15H,3,6,9,14,16H2,1-2H3,(H,34,35). The lowest BCUT2D eigenvalue weighted by Crippen LogP contribution is -2.26. The first-order valence-corrected chi connectivity index (χ1v) is 12.7. The molecule has 0 amide bonds. The van der Waals surface area contributed by atoms with Gasteiger partial charge in [-0.2, -0.15) is 13.2 Å². The lowest BCUT2D eigenvalue weighted by atomic mass is 9.82. The van der Waals surface area contributed by atoms with E-state index in [4.69, 9.17) is 4.74 Å². The number of hydrogen-bond donors (Lipinski definition) is 1. The van der Waals surface area contributed by atoms with Crippen molar-refractivity contribution in [3.8, 4) is 5.75 Å². The van der Waals surface area contributed by atoms with Crippen molar-refractivity contribution in [3.63, 3.8) is 0 Å². The largest absolute Gasteiger partial charge is 0.485 e. The third kappa shape index (κ3) is 5.77. The number of benzene rings is 3. The van der Waals surface area contributed by atoms with Gasteiger partial charge >= 0.3 is 12.1 Å². The van der Waals surface area contributed by atoms with E-state index in [9.17, 15) is 27.9 Å². The van der Waals surface area contributed by atoms with Gasteiger partial charge in [0, 0.05) is 11.8 Å². The number of halogens is 3. The molecule has 0 bridgehead atoms. The Labute approximate surface area is 215 Å². The smallest absolute Gasteiger partial charge is 0.416 e. The Balaban J connectivity index is 1.57. The maximum absolute atomic E-state index is 13.2. The summed E-state index contributed by atoms with van der Waals surface area (Å²) in [5, 5.41) is 11.6. The summed E-state index contributed by atoms with van der Waals surface area (Å²) in [7, 11) is 0. The van der Waals surface area contributed by atoms with Crippen LogP contribution in [0.25, 0.3) is 21.0 Å².